The van der Waals surface area contributed by atoms with E-state index in [1.165, 1.54) is 19.3 Å². The maximum Gasteiger partial charge on any atom is 0.0540 e. The van der Waals surface area contributed by atoms with Crippen LogP contribution in [0.1, 0.15) is 59.3 Å². The highest BCUT2D eigenvalue weighted by Gasteiger charge is 2.07. The maximum absolute atomic E-state index is 9.49. The minimum absolute atomic E-state index is 0.0457. The molecule has 0 rings (SSSR count). The predicted octanol–water partition coefficient (Wildman–Crippen LogP) is 3.36. The van der Waals surface area contributed by atoms with Crippen molar-refractivity contribution in [3.05, 3.63) is 0 Å². The molecule has 0 fully saturated rings. The SMILES string of the molecule is CCCC(O)CCC(CC)CC. The average Bonchev–Trinajstić information content (AvgIpc) is 2.07. The zero-order chi connectivity index (χ0) is 9.40. The summed E-state index contributed by atoms with van der Waals surface area (Å²) < 4.78 is 0. The van der Waals surface area contributed by atoms with Gasteiger partial charge < -0.3 is 5.11 Å². The fraction of sp³-hybridized carbons (Fsp3) is 1.00. The highest BCUT2D eigenvalue weighted by atomic mass is 16.3. The molecule has 0 amide bonds. The Bertz CT molecular complexity index is 87.0. The molecule has 0 aliphatic carbocycles. The fourth-order valence-corrected chi connectivity index (χ4v) is 1.60. The first-order valence-corrected chi connectivity index (χ1v) is 5.42. The quantitative estimate of drug-likeness (QED) is 0.624. The van der Waals surface area contributed by atoms with Crippen molar-refractivity contribution in [2.75, 3.05) is 0 Å². The summed E-state index contributed by atoms with van der Waals surface area (Å²) in [6, 6.07) is 0. The molecule has 1 unspecified atom stereocenters. The molecule has 1 atom stereocenters. The molecule has 0 spiro atoms. The molecule has 74 valence electrons. The van der Waals surface area contributed by atoms with Crippen LogP contribution in [0, 0.1) is 5.92 Å². The largest absolute Gasteiger partial charge is 0.393 e. The van der Waals surface area contributed by atoms with Gasteiger partial charge in [0.15, 0.2) is 0 Å². The molecule has 1 heteroatoms. The number of hydrogen-bond donors (Lipinski definition) is 1. The Hall–Kier alpha value is -0.0400. The van der Waals surface area contributed by atoms with Crippen molar-refractivity contribution in [1.29, 1.82) is 0 Å². The lowest BCUT2D eigenvalue weighted by molar-refractivity contribution is 0.143. The van der Waals surface area contributed by atoms with E-state index in [0.29, 0.717) is 0 Å². The van der Waals surface area contributed by atoms with Crippen LogP contribution in [-0.4, -0.2) is 11.2 Å². The van der Waals surface area contributed by atoms with E-state index in [2.05, 4.69) is 20.8 Å². The first kappa shape index (κ1) is 12.0. The highest BCUT2D eigenvalue weighted by Crippen LogP contribution is 2.17. The first-order chi connectivity index (χ1) is 5.74. The van der Waals surface area contributed by atoms with E-state index < -0.39 is 0 Å². The Balaban J connectivity index is 3.37. The Kier molecular flexibility index (Phi) is 7.58. The van der Waals surface area contributed by atoms with E-state index >= 15 is 0 Å². The van der Waals surface area contributed by atoms with Gasteiger partial charge >= 0.3 is 0 Å². The Morgan fingerprint density at radius 3 is 1.92 bits per heavy atom. The second-order valence-electron chi connectivity index (χ2n) is 3.70. The molecule has 0 radical (unpaired) electrons. The van der Waals surface area contributed by atoms with Gasteiger partial charge in [-0.2, -0.15) is 0 Å². The first-order valence-electron chi connectivity index (χ1n) is 5.42. The van der Waals surface area contributed by atoms with E-state index in [1.807, 2.05) is 0 Å². The molecule has 0 aromatic carbocycles. The van der Waals surface area contributed by atoms with Crippen molar-refractivity contribution in [2.45, 2.75) is 65.4 Å². The lowest BCUT2D eigenvalue weighted by atomic mass is 9.95. The Morgan fingerprint density at radius 1 is 0.917 bits per heavy atom. The van der Waals surface area contributed by atoms with Gasteiger partial charge in [-0.25, -0.2) is 0 Å². The summed E-state index contributed by atoms with van der Waals surface area (Å²) in [7, 11) is 0. The van der Waals surface area contributed by atoms with Crippen LogP contribution in [0.25, 0.3) is 0 Å². The van der Waals surface area contributed by atoms with Crippen LogP contribution in [0.4, 0.5) is 0 Å². The molecule has 12 heavy (non-hydrogen) atoms. The highest BCUT2D eigenvalue weighted by molar-refractivity contribution is 4.60. The lowest BCUT2D eigenvalue weighted by Gasteiger charge is -2.14. The zero-order valence-electron chi connectivity index (χ0n) is 8.84. The number of aliphatic hydroxyl groups is 1. The van der Waals surface area contributed by atoms with Gasteiger partial charge in [-0.1, -0.05) is 40.0 Å². The van der Waals surface area contributed by atoms with Gasteiger partial charge in [-0.05, 0) is 25.2 Å². The summed E-state index contributed by atoms with van der Waals surface area (Å²) in [6.45, 7) is 6.60. The number of aliphatic hydroxyl groups excluding tert-OH is 1. The summed E-state index contributed by atoms with van der Waals surface area (Å²) >= 11 is 0. The Morgan fingerprint density at radius 2 is 1.50 bits per heavy atom. The third-order valence-electron chi connectivity index (χ3n) is 2.68. The van der Waals surface area contributed by atoms with Gasteiger partial charge in [0.05, 0.1) is 6.10 Å². The molecule has 0 saturated heterocycles. The maximum atomic E-state index is 9.49. The van der Waals surface area contributed by atoms with Gasteiger partial charge in [-0.3, -0.25) is 0 Å². The van der Waals surface area contributed by atoms with Crippen LogP contribution in [0.5, 0.6) is 0 Å². The van der Waals surface area contributed by atoms with Crippen molar-refractivity contribution in [3.8, 4) is 0 Å². The number of hydrogen-bond acceptors (Lipinski definition) is 1. The van der Waals surface area contributed by atoms with Gasteiger partial charge in [0, 0.05) is 0 Å². The van der Waals surface area contributed by atoms with Gasteiger partial charge in [0.2, 0.25) is 0 Å². The van der Waals surface area contributed by atoms with E-state index in [9.17, 15) is 5.11 Å². The minimum Gasteiger partial charge on any atom is -0.393 e. The molecule has 0 aromatic rings. The summed E-state index contributed by atoms with van der Waals surface area (Å²) in [5, 5.41) is 9.49. The minimum atomic E-state index is -0.0457. The third-order valence-corrected chi connectivity index (χ3v) is 2.68. The summed E-state index contributed by atoms with van der Waals surface area (Å²) in [4.78, 5) is 0. The second kappa shape index (κ2) is 7.60. The zero-order valence-corrected chi connectivity index (χ0v) is 8.84. The molecule has 1 N–H and O–H groups in total. The van der Waals surface area contributed by atoms with Crippen molar-refractivity contribution < 1.29 is 5.11 Å². The molecular formula is C11H24O. The van der Waals surface area contributed by atoms with E-state index in [4.69, 9.17) is 0 Å². The average molecular weight is 172 g/mol. The van der Waals surface area contributed by atoms with E-state index in [0.717, 1.165) is 25.2 Å². The topological polar surface area (TPSA) is 20.2 Å². The van der Waals surface area contributed by atoms with Crippen molar-refractivity contribution >= 4 is 0 Å². The molecule has 0 saturated carbocycles. The predicted molar refractivity (Wildman–Crippen MR) is 54.2 cm³/mol. The van der Waals surface area contributed by atoms with Crippen LogP contribution in [0.15, 0.2) is 0 Å². The summed E-state index contributed by atoms with van der Waals surface area (Å²) in [5.41, 5.74) is 0. The molecule has 0 heterocycles. The van der Waals surface area contributed by atoms with Crippen molar-refractivity contribution in [2.24, 2.45) is 5.92 Å². The van der Waals surface area contributed by atoms with Crippen molar-refractivity contribution in [1.82, 2.24) is 0 Å². The normalized spacial score (nSPS) is 13.8. The van der Waals surface area contributed by atoms with Crippen LogP contribution < -0.4 is 0 Å². The molecular weight excluding hydrogens is 148 g/mol. The Labute approximate surface area is 77.2 Å². The van der Waals surface area contributed by atoms with Crippen LogP contribution in [-0.2, 0) is 0 Å². The molecule has 1 nitrogen and oxygen atoms in total. The molecule has 0 aliphatic rings. The molecule has 0 aromatic heterocycles. The van der Waals surface area contributed by atoms with Gasteiger partial charge in [0.1, 0.15) is 0 Å². The van der Waals surface area contributed by atoms with Gasteiger partial charge in [0.25, 0.3) is 0 Å². The van der Waals surface area contributed by atoms with Crippen LogP contribution in [0.2, 0.25) is 0 Å². The molecule has 0 bridgehead atoms. The van der Waals surface area contributed by atoms with Crippen LogP contribution in [0.3, 0.4) is 0 Å². The van der Waals surface area contributed by atoms with Crippen molar-refractivity contribution in [3.63, 3.8) is 0 Å². The van der Waals surface area contributed by atoms with E-state index in [1.54, 1.807) is 0 Å². The smallest absolute Gasteiger partial charge is 0.0540 e. The molecule has 0 aliphatic heterocycles. The summed E-state index contributed by atoms with van der Waals surface area (Å²) in [5.74, 6) is 0.830. The lowest BCUT2D eigenvalue weighted by Crippen LogP contribution is -2.08. The number of rotatable bonds is 7. The summed E-state index contributed by atoms with van der Waals surface area (Å²) in [6.07, 6.45) is 6.75. The van der Waals surface area contributed by atoms with E-state index in [-0.39, 0.29) is 6.10 Å². The fourth-order valence-electron chi connectivity index (χ4n) is 1.60. The second-order valence-corrected chi connectivity index (χ2v) is 3.70. The third kappa shape index (κ3) is 5.59. The standard InChI is InChI=1S/C11H24O/c1-4-7-11(12)9-8-10(5-2)6-3/h10-12H,4-9H2,1-3H3. The monoisotopic (exact) mass is 172 g/mol. The van der Waals surface area contributed by atoms with Gasteiger partial charge in [-0.15, -0.1) is 0 Å². The van der Waals surface area contributed by atoms with Crippen LogP contribution >= 0.6 is 0 Å².